The maximum absolute atomic E-state index is 12.7. The van der Waals surface area contributed by atoms with Crippen molar-refractivity contribution in [2.75, 3.05) is 10.6 Å². The Balaban J connectivity index is 1.59. The Kier molecular flexibility index (Phi) is 9.63. The number of hydrogen-bond acceptors (Lipinski definition) is 8. The van der Waals surface area contributed by atoms with Gasteiger partial charge in [0.25, 0.3) is 20.2 Å². The minimum atomic E-state index is -4.95. The molecule has 49 heavy (non-hydrogen) atoms. The highest BCUT2D eigenvalue weighted by Crippen LogP contribution is 2.38. The summed E-state index contributed by atoms with van der Waals surface area (Å²) in [6.07, 6.45) is 0. The lowest BCUT2D eigenvalue weighted by Crippen LogP contribution is -2.12. The largest absolute Gasteiger partial charge is 0.355 e. The molecule has 5 rings (SSSR count). The molecule has 0 bridgehead atoms. The van der Waals surface area contributed by atoms with Crippen LogP contribution in [-0.2, 0) is 20.2 Å². The summed E-state index contributed by atoms with van der Waals surface area (Å²) in [4.78, 5) is -1.34. The Bertz CT molecular complexity index is 2230. The summed E-state index contributed by atoms with van der Waals surface area (Å²) in [6.45, 7) is 7.60. The second kappa shape index (κ2) is 13.5. The van der Waals surface area contributed by atoms with E-state index in [0.29, 0.717) is 22.3 Å². The third kappa shape index (κ3) is 7.64. The van der Waals surface area contributed by atoms with Crippen LogP contribution in [0.15, 0.2) is 101 Å². The van der Waals surface area contributed by atoms with Gasteiger partial charge in [0.1, 0.15) is 0 Å². The van der Waals surface area contributed by atoms with Gasteiger partial charge in [-0.1, -0.05) is 30.3 Å². The van der Waals surface area contributed by atoms with E-state index in [1.165, 1.54) is 6.07 Å². The number of aryl methyl sites for hydroxylation is 4. The molecule has 4 N–H and O–H groups in total. The molecular formula is C37H32N4O6S2. The Morgan fingerprint density at radius 2 is 0.959 bits per heavy atom. The van der Waals surface area contributed by atoms with Crippen LogP contribution in [0.25, 0.3) is 0 Å². The molecule has 12 heteroatoms. The van der Waals surface area contributed by atoms with E-state index in [1.807, 2.05) is 52.0 Å². The van der Waals surface area contributed by atoms with Crippen LogP contribution in [0.4, 0.5) is 22.7 Å². The minimum absolute atomic E-state index is 0.0916. The topological polar surface area (TPSA) is 180 Å². The van der Waals surface area contributed by atoms with Gasteiger partial charge in [-0.2, -0.15) is 27.4 Å². The highest BCUT2D eigenvalue weighted by atomic mass is 32.2. The molecule has 0 saturated heterocycles. The van der Waals surface area contributed by atoms with Gasteiger partial charge in [0, 0.05) is 28.7 Å². The average Bonchev–Trinajstić information content (AvgIpc) is 3.04. The Hall–Kier alpha value is -5.50. The third-order valence-corrected chi connectivity index (χ3v) is 9.98. The lowest BCUT2D eigenvalue weighted by Gasteiger charge is -2.23. The number of anilines is 4. The van der Waals surface area contributed by atoms with Crippen molar-refractivity contribution in [3.8, 4) is 12.1 Å². The SMILES string of the molecule is Cc1cc(C#N)cc(C)c1Nc1ccc(C(c2ccc(Nc3c(C)cc(C#N)cc3C)cc2)c2ccc(S(=O)(=O)O)cc2S(=O)(=O)O)cc1. The molecule has 0 aliphatic carbocycles. The molecule has 0 saturated carbocycles. The molecule has 0 radical (unpaired) electrons. The van der Waals surface area contributed by atoms with Crippen LogP contribution >= 0.6 is 0 Å². The van der Waals surface area contributed by atoms with Gasteiger partial charge in [-0.15, -0.1) is 0 Å². The lowest BCUT2D eigenvalue weighted by molar-refractivity contribution is 0.480. The zero-order valence-electron chi connectivity index (χ0n) is 27.0. The summed E-state index contributed by atoms with van der Waals surface area (Å²) in [5, 5.41) is 25.4. The fraction of sp³-hybridized carbons (Fsp3) is 0.135. The van der Waals surface area contributed by atoms with Crippen molar-refractivity contribution in [3.05, 3.63) is 141 Å². The average molecular weight is 693 g/mol. The van der Waals surface area contributed by atoms with E-state index in [4.69, 9.17) is 0 Å². The van der Waals surface area contributed by atoms with Crippen molar-refractivity contribution in [2.45, 2.75) is 43.4 Å². The van der Waals surface area contributed by atoms with Gasteiger partial charge in [-0.3, -0.25) is 9.11 Å². The van der Waals surface area contributed by atoms with Gasteiger partial charge < -0.3 is 10.6 Å². The van der Waals surface area contributed by atoms with Gasteiger partial charge in [0.05, 0.1) is 33.1 Å². The van der Waals surface area contributed by atoms with Crippen LogP contribution in [0.5, 0.6) is 0 Å². The fourth-order valence-corrected chi connectivity index (χ4v) is 7.29. The molecule has 10 nitrogen and oxygen atoms in total. The quantitative estimate of drug-likeness (QED) is 0.0878. The van der Waals surface area contributed by atoms with Gasteiger partial charge in [0.2, 0.25) is 0 Å². The number of nitrogens with zero attached hydrogens (tertiary/aromatic N) is 2. The van der Waals surface area contributed by atoms with Crippen LogP contribution < -0.4 is 10.6 Å². The molecule has 0 unspecified atom stereocenters. The minimum Gasteiger partial charge on any atom is -0.355 e. The lowest BCUT2D eigenvalue weighted by atomic mass is 9.85. The molecule has 5 aromatic carbocycles. The first-order valence-electron chi connectivity index (χ1n) is 14.9. The summed E-state index contributed by atoms with van der Waals surface area (Å²) in [5.41, 5.74) is 9.12. The molecule has 0 spiro atoms. The number of hydrogen-bond donors (Lipinski definition) is 4. The maximum Gasteiger partial charge on any atom is 0.294 e. The monoisotopic (exact) mass is 692 g/mol. The Morgan fingerprint density at radius 1 is 0.571 bits per heavy atom. The van der Waals surface area contributed by atoms with E-state index in [-0.39, 0.29) is 5.56 Å². The molecule has 5 aromatic rings. The van der Waals surface area contributed by atoms with Gasteiger partial charge in [-0.25, -0.2) is 0 Å². The van der Waals surface area contributed by atoms with Gasteiger partial charge in [-0.05, 0) is 127 Å². The Labute approximate surface area is 285 Å². The van der Waals surface area contributed by atoms with Crippen LogP contribution in [0.2, 0.25) is 0 Å². The molecule has 0 atom stereocenters. The zero-order chi connectivity index (χ0) is 35.7. The Morgan fingerprint density at radius 3 is 1.29 bits per heavy atom. The van der Waals surface area contributed by atoms with E-state index in [1.54, 1.807) is 48.5 Å². The highest BCUT2D eigenvalue weighted by Gasteiger charge is 2.27. The summed E-state index contributed by atoms with van der Waals surface area (Å²) in [6, 6.07) is 29.0. The zero-order valence-corrected chi connectivity index (χ0v) is 28.6. The summed E-state index contributed by atoms with van der Waals surface area (Å²) in [7, 11) is -9.73. The molecule has 248 valence electrons. The predicted molar refractivity (Wildman–Crippen MR) is 188 cm³/mol. The maximum atomic E-state index is 12.7. The predicted octanol–water partition coefficient (Wildman–Crippen LogP) is 7.82. The first-order chi connectivity index (χ1) is 23.1. The van der Waals surface area contributed by atoms with Crippen molar-refractivity contribution in [1.82, 2.24) is 0 Å². The number of benzene rings is 5. The summed E-state index contributed by atoms with van der Waals surface area (Å²) in [5.74, 6) is -0.799. The normalized spacial score (nSPS) is 11.5. The number of nitriles is 2. The van der Waals surface area contributed by atoms with Crippen LogP contribution in [0.3, 0.4) is 0 Å². The van der Waals surface area contributed by atoms with Crippen molar-refractivity contribution < 1.29 is 25.9 Å². The van der Waals surface area contributed by atoms with Crippen molar-refractivity contribution >= 4 is 43.0 Å². The van der Waals surface area contributed by atoms with Crippen LogP contribution in [-0.4, -0.2) is 25.9 Å². The van der Waals surface area contributed by atoms with E-state index in [2.05, 4.69) is 22.8 Å². The molecule has 0 amide bonds. The second-order valence-electron chi connectivity index (χ2n) is 11.8. The van der Waals surface area contributed by atoms with Gasteiger partial charge >= 0.3 is 0 Å². The van der Waals surface area contributed by atoms with E-state index in [9.17, 15) is 36.5 Å². The van der Waals surface area contributed by atoms with E-state index < -0.39 is 35.9 Å². The number of rotatable bonds is 9. The van der Waals surface area contributed by atoms with Crippen molar-refractivity contribution in [2.24, 2.45) is 0 Å². The first-order valence-corrected chi connectivity index (χ1v) is 17.8. The molecule has 0 fully saturated rings. The molecule has 0 aromatic heterocycles. The van der Waals surface area contributed by atoms with Crippen molar-refractivity contribution in [3.63, 3.8) is 0 Å². The molecule has 0 aliphatic rings. The van der Waals surface area contributed by atoms with E-state index in [0.717, 1.165) is 57.1 Å². The highest BCUT2D eigenvalue weighted by molar-refractivity contribution is 7.86. The number of nitrogens with one attached hydrogen (secondary N) is 2. The van der Waals surface area contributed by atoms with Gasteiger partial charge in [0.15, 0.2) is 0 Å². The third-order valence-electron chi connectivity index (χ3n) is 8.22. The molecular weight excluding hydrogens is 661 g/mol. The first kappa shape index (κ1) is 34.8. The van der Waals surface area contributed by atoms with E-state index >= 15 is 0 Å². The summed E-state index contributed by atoms with van der Waals surface area (Å²) < 4.78 is 69.0. The second-order valence-corrected chi connectivity index (χ2v) is 14.6. The smallest absolute Gasteiger partial charge is 0.294 e. The fourth-order valence-electron chi connectivity index (χ4n) is 5.95. The molecule has 0 heterocycles. The summed E-state index contributed by atoms with van der Waals surface area (Å²) >= 11 is 0. The van der Waals surface area contributed by atoms with Crippen LogP contribution in [0.1, 0.15) is 56.0 Å². The van der Waals surface area contributed by atoms with Crippen molar-refractivity contribution in [1.29, 1.82) is 10.5 Å². The van der Waals surface area contributed by atoms with Crippen LogP contribution in [0, 0.1) is 50.4 Å². The molecule has 0 aliphatic heterocycles. The standard InChI is InChI=1S/C37H32N4O6S2/c1-22-15-26(20-38)16-23(2)36(22)40-30-9-5-28(6-10-30)35(33-14-13-32(48(42,43)44)19-34(33)49(45,46)47)29-7-11-31(12-8-29)41-37-24(3)17-27(21-39)18-25(37)4/h5-19,35,40-41H,1-4H3,(H,42,43,44)(H,45,46,47).